The van der Waals surface area contributed by atoms with Crippen LogP contribution in [-0.2, 0) is 14.3 Å². The number of esters is 1. The predicted octanol–water partition coefficient (Wildman–Crippen LogP) is 1.35. The average molecular weight is 237 g/mol. The van der Waals surface area contributed by atoms with Crippen molar-refractivity contribution in [2.45, 2.75) is 18.4 Å². The van der Waals surface area contributed by atoms with E-state index in [9.17, 15) is 4.79 Å². The molecule has 0 spiro atoms. The maximum atomic E-state index is 11.0. The van der Waals surface area contributed by atoms with Gasteiger partial charge in [-0.2, -0.15) is 0 Å². The number of halogens is 1. The minimum atomic E-state index is -0.126. The summed E-state index contributed by atoms with van der Waals surface area (Å²) in [5.74, 6) is -0.0869. The third kappa shape index (κ3) is 1.64. The van der Waals surface area contributed by atoms with Crippen LogP contribution in [0.3, 0.4) is 0 Å². The minimum Gasteiger partial charge on any atom is -0.469 e. The Labute approximate surface area is 80.5 Å². The lowest BCUT2D eigenvalue weighted by Gasteiger charge is -2.43. The summed E-state index contributed by atoms with van der Waals surface area (Å²) < 4.78 is 9.92. The van der Waals surface area contributed by atoms with Gasteiger partial charge in [-0.1, -0.05) is 15.9 Å². The van der Waals surface area contributed by atoms with Gasteiger partial charge in [0, 0.05) is 12.4 Å². The highest BCUT2D eigenvalue weighted by Gasteiger charge is 2.47. The molecule has 0 radical (unpaired) electrons. The highest BCUT2D eigenvalue weighted by atomic mass is 79.9. The van der Waals surface area contributed by atoms with E-state index in [1.807, 2.05) is 0 Å². The number of ether oxygens (including phenoxy) is 2. The first kappa shape index (κ1) is 9.99. The molecule has 12 heavy (non-hydrogen) atoms. The van der Waals surface area contributed by atoms with E-state index in [0.29, 0.717) is 0 Å². The summed E-state index contributed by atoms with van der Waals surface area (Å²) in [5.41, 5.74) is -0.126. The quantitative estimate of drug-likeness (QED) is 0.549. The molecule has 0 bridgehead atoms. The van der Waals surface area contributed by atoms with E-state index in [2.05, 4.69) is 20.7 Å². The molecule has 0 aromatic carbocycles. The van der Waals surface area contributed by atoms with Crippen molar-refractivity contribution in [3.63, 3.8) is 0 Å². The van der Waals surface area contributed by atoms with Gasteiger partial charge in [0.05, 0.1) is 18.6 Å². The van der Waals surface area contributed by atoms with Gasteiger partial charge < -0.3 is 9.47 Å². The van der Waals surface area contributed by atoms with E-state index >= 15 is 0 Å². The average Bonchev–Trinajstić information content (AvgIpc) is 2.04. The van der Waals surface area contributed by atoms with Crippen molar-refractivity contribution >= 4 is 21.9 Å². The van der Waals surface area contributed by atoms with Crippen molar-refractivity contribution in [2.75, 3.05) is 19.5 Å². The number of carbonyl (C=O) groups excluding carboxylic acids is 1. The van der Waals surface area contributed by atoms with Gasteiger partial charge in [0.15, 0.2) is 0 Å². The van der Waals surface area contributed by atoms with E-state index < -0.39 is 0 Å². The fraction of sp³-hybridized carbons (Fsp3) is 0.875. The zero-order valence-corrected chi connectivity index (χ0v) is 8.89. The third-order valence-corrected chi connectivity index (χ3v) is 3.47. The van der Waals surface area contributed by atoms with Crippen LogP contribution in [0.4, 0.5) is 0 Å². The fourth-order valence-electron chi connectivity index (χ4n) is 1.50. The Morgan fingerprint density at radius 3 is 2.50 bits per heavy atom. The maximum absolute atomic E-state index is 11.0. The molecule has 0 aromatic rings. The Morgan fingerprint density at radius 2 is 2.17 bits per heavy atom. The fourth-order valence-corrected chi connectivity index (χ4v) is 2.19. The van der Waals surface area contributed by atoms with Gasteiger partial charge in [-0.3, -0.25) is 4.79 Å². The molecular formula is C8H13BrO3. The molecule has 0 aromatic heterocycles. The molecule has 70 valence electrons. The molecule has 3 nitrogen and oxygen atoms in total. The Balaban J connectivity index is 2.40. The lowest BCUT2D eigenvalue weighted by Crippen LogP contribution is -2.50. The Bertz CT molecular complexity index is 169. The largest absolute Gasteiger partial charge is 0.469 e. The summed E-state index contributed by atoms with van der Waals surface area (Å²) in [6, 6.07) is 0. The van der Waals surface area contributed by atoms with Gasteiger partial charge in [0.25, 0.3) is 0 Å². The van der Waals surface area contributed by atoms with Crippen LogP contribution in [0.15, 0.2) is 0 Å². The molecule has 0 unspecified atom stereocenters. The van der Waals surface area contributed by atoms with E-state index in [0.717, 1.165) is 18.2 Å². The summed E-state index contributed by atoms with van der Waals surface area (Å²) in [7, 11) is 3.10. The lowest BCUT2D eigenvalue weighted by atomic mass is 9.72. The van der Waals surface area contributed by atoms with E-state index in [1.54, 1.807) is 7.11 Å². The number of alkyl halides is 1. The summed E-state index contributed by atoms with van der Waals surface area (Å²) in [5, 5.41) is 0.782. The van der Waals surface area contributed by atoms with E-state index in [-0.39, 0.29) is 17.5 Å². The molecule has 1 saturated carbocycles. The van der Waals surface area contributed by atoms with Crippen LogP contribution >= 0.6 is 15.9 Å². The van der Waals surface area contributed by atoms with Crippen LogP contribution in [0.1, 0.15) is 12.8 Å². The molecule has 0 N–H and O–H groups in total. The van der Waals surface area contributed by atoms with Gasteiger partial charge in [-0.05, 0) is 12.8 Å². The van der Waals surface area contributed by atoms with Crippen LogP contribution in [0.2, 0.25) is 0 Å². The van der Waals surface area contributed by atoms with Crippen molar-refractivity contribution in [3.05, 3.63) is 0 Å². The second kappa shape index (κ2) is 3.75. The summed E-state index contributed by atoms with van der Waals surface area (Å²) in [4.78, 5) is 11.0. The smallest absolute Gasteiger partial charge is 0.308 e. The van der Waals surface area contributed by atoms with Crippen molar-refractivity contribution in [1.29, 1.82) is 0 Å². The van der Waals surface area contributed by atoms with Crippen molar-refractivity contribution < 1.29 is 14.3 Å². The van der Waals surface area contributed by atoms with Gasteiger partial charge in [0.2, 0.25) is 0 Å². The summed E-state index contributed by atoms with van der Waals surface area (Å²) >= 11 is 3.36. The normalized spacial score (nSPS) is 34.1. The first-order valence-electron chi connectivity index (χ1n) is 3.86. The molecule has 0 atom stereocenters. The van der Waals surface area contributed by atoms with Gasteiger partial charge in [-0.25, -0.2) is 0 Å². The molecule has 0 aliphatic heterocycles. The number of rotatable bonds is 3. The third-order valence-electron chi connectivity index (χ3n) is 2.45. The minimum absolute atomic E-state index is 0.0347. The van der Waals surface area contributed by atoms with Crippen LogP contribution in [0, 0.1) is 5.92 Å². The van der Waals surface area contributed by atoms with Crippen LogP contribution in [0.5, 0.6) is 0 Å². The molecule has 0 amide bonds. The first-order chi connectivity index (χ1) is 5.67. The second-order valence-corrected chi connectivity index (χ2v) is 3.71. The molecule has 1 aliphatic rings. The Morgan fingerprint density at radius 1 is 1.58 bits per heavy atom. The van der Waals surface area contributed by atoms with Crippen LogP contribution in [0.25, 0.3) is 0 Å². The first-order valence-corrected chi connectivity index (χ1v) is 4.98. The van der Waals surface area contributed by atoms with E-state index in [1.165, 1.54) is 7.11 Å². The molecule has 4 heteroatoms. The zero-order valence-electron chi connectivity index (χ0n) is 7.30. The number of hydrogen-bond donors (Lipinski definition) is 0. The summed E-state index contributed by atoms with van der Waals surface area (Å²) in [6.45, 7) is 0. The molecule has 1 rings (SSSR count). The van der Waals surface area contributed by atoms with Gasteiger partial charge in [-0.15, -0.1) is 0 Å². The topological polar surface area (TPSA) is 35.5 Å². The maximum Gasteiger partial charge on any atom is 0.308 e. The highest BCUT2D eigenvalue weighted by Crippen LogP contribution is 2.42. The van der Waals surface area contributed by atoms with Crippen LogP contribution < -0.4 is 0 Å². The molecule has 0 saturated heterocycles. The van der Waals surface area contributed by atoms with Crippen molar-refractivity contribution in [1.82, 2.24) is 0 Å². The number of carbonyl (C=O) groups is 1. The molecule has 1 aliphatic carbocycles. The SMILES string of the molecule is COC(=O)C1CC(CBr)(OC)C1. The predicted molar refractivity (Wildman–Crippen MR) is 48.3 cm³/mol. The monoisotopic (exact) mass is 236 g/mol. The Kier molecular flexibility index (Phi) is 3.12. The highest BCUT2D eigenvalue weighted by molar-refractivity contribution is 9.09. The van der Waals surface area contributed by atoms with Crippen LogP contribution in [-0.4, -0.2) is 31.1 Å². The van der Waals surface area contributed by atoms with Crippen molar-refractivity contribution in [2.24, 2.45) is 5.92 Å². The van der Waals surface area contributed by atoms with E-state index in [4.69, 9.17) is 4.74 Å². The van der Waals surface area contributed by atoms with Gasteiger partial charge >= 0.3 is 5.97 Å². The molecule has 0 heterocycles. The second-order valence-electron chi connectivity index (χ2n) is 3.15. The number of methoxy groups -OCH3 is 2. The molecule has 1 fully saturated rings. The van der Waals surface area contributed by atoms with Gasteiger partial charge in [0.1, 0.15) is 0 Å². The zero-order chi connectivity index (χ0) is 9.19. The standard InChI is InChI=1S/C8H13BrO3/c1-11-7(10)6-3-8(4-6,5-9)12-2/h6H,3-5H2,1-2H3. The summed E-state index contributed by atoms with van der Waals surface area (Å²) in [6.07, 6.45) is 1.53. The number of hydrogen-bond acceptors (Lipinski definition) is 3. The molecular weight excluding hydrogens is 224 g/mol. The Hall–Kier alpha value is -0.0900. The van der Waals surface area contributed by atoms with Crippen molar-refractivity contribution in [3.8, 4) is 0 Å². The lowest BCUT2D eigenvalue weighted by molar-refractivity contribution is -0.162.